The normalized spacial score (nSPS) is 12.1. The number of aromatic nitrogens is 2. The van der Waals surface area contributed by atoms with Crippen LogP contribution in [0.15, 0.2) is 64.8 Å². The lowest BCUT2D eigenvalue weighted by atomic mass is 10.1. The maximum absolute atomic E-state index is 13.9. The Bertz CT molecular complexity index is 1380. The summed E-state index contributed by atoms with van der Waals surface area (Å²) < 4.78 is 16.0. The predicted molar refractivity (Wildman–Crippen MR) is 138 cm³/mol. The third-order valence-electron chi connectivity index (χ3n) is 6.05. The molecule has 2 heterocycles. The van der Waals surface area contributed by atoms with Gasteiger partial charge < -0.3 is 10.6 Å². The van der Waals surface area contributed by atoms with Crippen LogP contribution in [0.5, 0.6) is 0 Å². The van der Waals surface area contributed by atoms with Gasteiger partial charge in [-0.2, -0.15) is 0 Å². The van der Waals surface area contributed by atoms with E-state index in [1.54, 1.807) is 21.6 Å². The number of carbonyl (C=O) groups excluding carboxylic acids is 1. The molecule has 182 valence electrons. The molecule has 4 aromatic rings. The number of aryl methyl sites for hydroxylation is 1. The van der Waals surface area contributed by atoms with E-state index < -0.39 is 6.04 Å². The van der Waals surface area contributed by atoms with E-state index in [1.165, 1.54) is 23.5 Å². The van der Waals surface area contributed by atoms with Gasteiger partial charge in [0.25, 0.3) is 11.5 Å². The van der Waals surface area contributed by atoms with Gasteiger partial charge in [0, 0.05) is 12.1 Å². The van der Waals surface area contributed by atoms with Crippen molar-refractivity contribution in [2.24, 2.45) is 5.73 Å². The van der Waals surface area contributed by atoms with Crippen LogP contribution in [0, 0.1) is 12.7 Å². The van der Waals surface area contributed by atoms with Crippen LogP contribution in [-0.2, 0) is 6.54 Å². The van der Waals surface area contributed by atoms with Crippen LogP contribution < -0.4 is 11.3 Å². The summed E-state index contributed by atoms with van der Waals surface area (Å²) in [5.74, 6) is -0.0131. The van der Waals surface area contributed by atoms with Crippen LogP contribution in [-0.4, -0.2) is 33.4 Å². The molecule has 2 aromatic carbocycles. The fourth-order valence-electron chi connectivity index (χ4n) is 4.25. The molecule has 6 nitrogen and oxygen atoms in total. The zero-order valence-electron chi connectivity index (χ0n) is 19.9. The van der Waals surface area contributed by atoms with Gasteiger partial charge in [-0.1, -0.05) is 36.8 Å². The predicted octanol–water partition coefficient (Wildman–Crippen LogP) is 4.90. The number of amides is 1. The molecule has 0 spiro atoms. The van der Waals surface area contributed by atoms with Gasteiger partial charge in [0.05, 0.1) is 18.1 Å². The van der Waals surface area contributed by atoms with Crippen LogP contribution in [0.3, 0.4) is 0 Å². The van der Waals surface area contributed by atoms with E-state index in [2.05, 4.69) is 0 Å². The number of halogens is 1. The second-order valence-electron chi connectivity index (χ2n) is 8.56. The molecule has 1 unspecified atom stereocenters. The van der Waals surface area contributed by atoms with Gasteiger partial charge >= 0.3 is 0 Å². The number of carbonyl (C=O) groups is 1. The van der Waals surface area contributed by atoms with E-state index in [1.807, 2.05) is 49.6 Å². The Balaban J connectivity index is 1.84. The third kappa shape index (κ3) is 5.33. The molecule has 35 heavy (non-hydrogen) atoms. The second-order valence-corrected chi connectivity index (χ2v) is 9.47. The first-order valence-electron chi connectivity index (χ1n) is 11.7. The molecular weight excluding hydrogens is 463 g/mol. The molecule has 1 atom stereocenters. The minimum Gasteiger partial charge on any atom is -0.330 e. The molecule has 1 amide bonds. The van der Waals surface area contributed by atoms with Gasteiger partial charge in [0.2, 0.25) is 0 Å². The van der Waals surface area contributed by atoms with Gasteiger partial charge in [-0.25, -0.2) is 9.37 Å². The number of rotatable bonds is 9. The summed E-state index contributed by atoms with van der Waals surface area (Å²) in [5, 5.41) is 1.83. The van der Waals surface area contributed by atoms with Gasteiger partial charge in [-0.3, -0.25) is 14.2 Å². The number of thiophene rings is 1. The van der Waals surface area contributed by atoms with Crippen molar-refractivity contribution in [2.75, 3.05) is 13.1 Å². The van der Waals surface area contributed by atoms with Crippen LogP contribution in [0.4, 0.5) is 4.39 Å². The molecule has 2 N–H and O–H groups in total. The molecule has 0 aliphatic carbocycles. The lowest BCUT2D eigenvalue weighted by Crippen LogP contribution is -2.40. The van der Waals surface area contributed by atoms with Crippen molar-refractivity contribution in [3.05, 3.63) is 98.7 Å². The Morgan fingerprint density at radius 3 is 2.66 bits per heavy atom. The first kappa shape index (κ1) is 24.8. The number of hydrogen-bond donors (Lipinski definition) is 1. The van der Waals surface area contributed by atoms with Crippen LogP contribution in [0.1, 0.15) is 53.1 Å². The molecule has 8 heteroatoms. The smallest absolute Gasteiger partial charge is 0.271 e. The Kier molecular flexibility index (Phi) is 7.73. The Labute approximate surface area is 207 Å². The maximum atomic E-state index is 13.9. The summed E-state index contributed by atoms with van der Waals surface area (Å²) in [4.78, 5) is 33.8. The van der Waals surface area contributed by atoms with E-state index in [9.17, 15) is 14.0 Å². The highest BCUT2D eigenvalue weighted by Crippen LogP contribution is 2.27. The first-order chi connectivity index (χ1) is 16.9. The van der Waals surface area contributed by atoms with Crippen LogP contribution in [0.25, 0.3) is 10.2 Å². The van der Waals surface area contributed by atoms with E-state index in [0.29, 0.717) is 53.1 Å². The van der Waals surface area contributed by atoms with Crippen molar-refractivity contribution in [2.45, 2.75) is 39.3 Å². The molecule has 0 aliphatic rings. The molecule has 0 saturated heterocycles. The number of fused-ring (bicyclic) bond motifs is 1. The zero-order valence-corrected chi connectivity index (χ0v) is 20.7. The fourth-order valence-corrected chi connectivity index (χ4v) is 5.03. The highest BCUT2D eigenvalue weighted by atomic mass is 32.1. The standard InChI is InChI=1S/C27H29FN4O2S/c1-3-23(31(14-5-13-29)26(33)20-10-8-18(2)9-11-20)25-30-22-12-15-35-24(22)27(34)32(25)17-19-6-4-7-21(28)16-19/h4,6-12,15-16,23H,3,5,13-14,17,29H2,1-2H3. The van der Waals surface area contributed by atoms with Crippen molar-refractivity contribution >= 4 is 27.5 Å². The largest absolute Gasteiger partial charge is 0.330 e. The number of nitrogens with zero attached hydrogens (tertiary/aromatic N) is 3. The summed E-state index contributed by atoms with van der Waals surface area (Å²) in [6.07, 6.45) is 1.16. The maximum Gasteiger partial charge on any atom is 0.271 e. The van der Waals surface area contributed by atoms with Crippen molar-refractivity contribution in [1.82, 2.24) is 14.5 Å². The lowest BCUT2D eigenvalue weighted by molar-refractivity contribution is 0.0656. The molecular formula is C27H29FN4O2S. The fraction of sp³-hybridized carbons (Fsp3) is 0.296. The molecule has 0 aliphatic heterocycles. The highest BCUT2D eigenvalue weighted by molar-refractivity contribution is 7.17. The van der Waals surface area contributed by atoms with Crippen molar-refractivity contribution < 1.29 is 9.18 Å². The molecule has 0 fully saturated rings. The van der Waals surface area contributed by atoms with E-state index in [0.717, 1.165) is 5.56 Å². The monoisotopic (exact) mass is 492 g/mol. The molecule has 2 aromatic heterocycles. The average Bonchev–Trinajstić information content (AvgIpc) is 3.33. The summed E-state index contributed by atoms with van der Waals surface area (Å²) >= 11 is 1.33. The van der Waals surface area contributed by atoms with Crippen molar-refractivity contribution in [3.8, 4) is 0 Å². The molecule has 0 bridgehead atoms. The van der Waals surface area contributed by atoms with Crippen LogP contribution >= 0.6 is 11.3 Å². The van der Waals surface area contributed by atoms with Crippen LogP contribution in [0.2, 0.25) is 0 Å². The van der Waals surface area contributed by atoms with Crippen molar-refractivity contribution in [3.63, 3.8) is 0 Å². The van der Waals surface area contributed by atoms with E-state index >= 15 is 0 Å². The average molecular weight is 493 g/mol. The van der Waals surface area contributed by atoms with E-state index in [4.69, 9.17) is 10.7 Å². The Hall–Kier alpha value is -3.36. The third-order valence-corrected chi connectivity index (χ3v) is 6.94. The molecule has 4 rings (SSSR count). The quantitative estimate of drug-likeness (QED) is 0.361. The Morgan fingerprint density at radius 2 is 1.97 bits per heavy atom. The number of hydrogen-bond acceptors (Lipinski definition) is 5. The summed E-state index contributed by atoms with van der Waals surface area (Å²) in [5.41, 5.74) is 8.50. The van der Waals surface area contributed by atoms with Gasteiger partial charge in [0.1, 0.15) is 16.3 Å². The topological polar surface area (TPSA) is 81.2 Å². The lowest BCUT2D eigenvalue weighted by Gasteiger charge is -2.32. The highest BCUT2D eigenvalue weighted by Gasteiger charge is 2.29. The van der Waals surface area contributed by atoms with Gasteiger partial charge in [-0.15, -0.1) is 11.3 Å². The first-order valence-corrected chi connectivity index (χ1v) is 12.6. The second kappa shape index (κ2) is 10.9. The minimum absolute atomic E-state index is 0.137. The summed E-state index contributed by atoms with van der Waals surface area (Å²) in [6, 6.07) is 15.0. The summed E-state index contributed by atoms with van der Waals surface area (Å²) in [6.45, 7) is 4.96. The molecule has 0 saturated carbocycles. The SMILES string of the molecule is CCC(c1nc2ccsc2c(=O)n1Cc1cccc(F)c1)N(CCCN)C(=O)c1ccc(C)cc1. The van der Waals surface area contributed by atoms with Gasteiger partial charge in [0.15, 0.2) is 0 Å². The van der Waals surface area contributed by atoms with E-state index in [-0.39, 0.29) is 23.8 Å². The summed E-state index contributed by atoms with van der Waals surface area (Å²) in [7, 11) is 0. The number of nitrogens with two attached hydrogens (primary N) is 1. The van der Waals surface area contributed by atoms with Crippen molar-refractivity contribution in [1.29, 1.82) is 0 Å². The Morgan fingerprint density at radius 1 is 1.20 bits per heavy atom. The zero-order chi connectivity index (χ0) is 24.9. The molecule has 0 radical (unpaired) electrons. The minimum atomic E-state index is -0.457. The van der Waals surface area contributed by atoms with Gasteiger partial charge in [-0.05, 0) is 67.6 Å². The number of benzene rings is 2.